The van der Waals surface area contributed by atoms with Gasteiger partial charge in [-0.1, -0.05) is 0 Å². The van der Waals surface area contributed by atoms with Crippen LogP contribution in [0.2, 0.25) is 0 Å². The molecule has 0 aromatic carbocycles. The molecule has 2 unspecified atom stereocenters. The summed E-state index contributed by atoms with van der Waals surface area (Å²) in [5, 5.41) is 3.35. The summed E-state index contributed by atoms with van der Waals surface area (Å²) in [6, 6.07) is 0.702. The van der Waals surface area contributed by atoms with E-state index >= 15 is 0 Å². The molecule has 5 heteroatoms. The highest BCUT2D eigenvalue weighted by atomic mass is 35.5. The summed E-state index contributed by atoms with van der Waals surface area (Å²) in [5.41, 5.74) is 0. The molecule has 1 aliphatic heterocycles. The Morgan fingerprint density at radius 1 is 1.53 bits per heavy atom. The zero-order valence-electron chi connectivity index (χ0n) is 9.66. The van der Waals surface area contributed by atoms with E-state index in [2.05, 4.69) is 19.2 Å². The lowest BCUT2D eigenvalue weighted by atomic mass is 10.1. The molecule has 1 aliphatic rings. The molecule has 1 saturated heterocycles. The van der Waals surface area contributed by atoms with Crippen molar-refractivity contribution in [3.63, 3.8) is 0 Å². The average molecular weight is 237 g/mol. The summed E-state index contributed by atoms with van der Waals surface area (Å²) in [6.45, 7) is 6.39. The second-order valence-corrected chi connectivity index (χ2v) is 3.95. The van der Waals surface area contributed by atoms with Gasteiger partial charge in [0.2, 0.25) is 5.91 Å². The molecule has 0 aromatic rings. The highest BCUT2D eigenvalue weighted by Crippen LogP contribution is 2.08. The van der Waals surface area contributed by atoms with Gasteiger partial charge in [-0.15, -0.1) is 12.4 Å². The van der Waals surface area contributed by atoms with Gasteiger partial charge in [0.1, 0.15) is 0 Å². The van der Waals surface area contributed by atoms with Crippen LogP contribution in [0.25, 0.3) is 0 Å². The Balaban J connectivity index is 0.00000196. The van der Waals surface area contributed by atoms with E-state index in [4.69, 9.17) is 4.74 Å². The summed E-state index contributed by atoms with van der Waals surface area (Å²) in [4.78, 5) is 13.7. The quantitative estimate of drug-likeness (QED) is 0.783. The first-order valence-electron chi connectivity index (χ1n) is 5.17. The van der Waals surface area contributed by atoms with Crippen molar-refractivity contribution < 1.29 is 9.53 Å². The van der Waals surface area contributed by atoms with Crippen LogP contribution in [0.15, 0.2) is 0 Å². The second kappa shape index (κ2) is 7.04. The van der Waals surface area contributed by atoms with Crippen LogP contribution in [0.1, 0.15) is 20.3 Å². The number of nitrogens with zero attached hydrogens (tertiary/aromatic N) is 1. The van der Waals surface area contributed by atoms with E-state index in [1.165, 1.54) is 0 Å². The van der Waals surface area contributed by atoms with Crippen molar-refractivity contribution in [3.8, 4) is 0 Å². The molecule has 0 aliphatic carbocycles. The summed E-state index contributed by atoms with van der Waals surface area (Å²) in [6.07, 6.45) is 0.494. The van der Waals surface area contributed by atoms with Crippen molar-refractivity contribution in [1.82, 2.24) is 10.2 Å². The number of methoxy groups -OCH3 is 1. The standard InChI is InChI=1S/C10H20N2O2.ClH/c1-8-7-12(9(2)6-11-8)10(13)4-5-14-3;/h8-9,11H,4-7H2,1-3H3;1H. The van der Waals surface area contributed by atoms with Crippen molar-refractivity contribution in [1.29, 1.82) is 0 Å². The van der Waals surface area contributed by atoms with Crippen molar-refractivity contribution in [2.24, 2.45) is 0 Å². The van der Waals surface area contributed by atoms with Gasteiger partial charge in [-0.3, -0.25) is 4.79 Å². The number of carbonyl (C=O) groups excluding carboxylic acids is 1. The first-order valence-corrected chi connectivity index (χ1v) is 5.17. The molecule has 15 heavy (non-hydrogen) atoms. The normalized spacial score (nSPS) is 25.9. The van der Waals surface area contributed by atoms with Crippen LogP contribution in [-0.2, 0) is 9.53 Å². The molecule has 1 rings (SSSR count). The van der Waals surface area contributed by atoms with Crippen LogP contribution in [0, 0.1) is 0 Å². The minimum absolute atomic E-state index is 0. The van der Waals surface area contributed by atoms with Gasteiger partial charge in [-0.2, -0.15) is 0 Å². The monoisotopic (exact) mass is 236 g/mol. The molecule has 0 spiro atoms. The molecule has 0 saturated carbocycles. The third kappa shape index (κ3) is 4.36. The third-order valence-corrected chi connectivity index (χ3v) is 2.60. The molecule has 0 bridgehead atoms. The Labute approximate surface area is 97.8 Å². The fourth-order valence-electron chi connectivity index (χ4n) is 1.70. The Kier molecular flexibility index (Phi) is 6.89. The van der Waals surface area contributed by atoms with Crippen LogP contribution in [0.5, 0.6) is 0 Å². The molecule has 90 valence electrons. The van der Waals surface area contributed by atoms with Crippen molar-refractivity contribution >= 4 is 18.3 Å². The fraction of sp³-hybridized carbons (Fsp3) is 0.900. The first-order chi connectivity index (χ1) is 6.65. The Morgan fingerprint density at radius 3 is 2.80 bits per heavy atom. The van der Waals surface area contributed by atoms with E-state index in [0.29, 0.717) is 25.1 Å². The molecule has 0 aromatic heterocycles. The molecule has 1 heterocycles. The minimum Gasteiger partial charge on any atom is -0.384 e. The number of halogens is 1. The molecule has 1 N–H and O–H groups in total. The summed E-state index contributed by atoms with van der Waals surface area (Å²) < 4.78 is 4.90. The number of hydrogen-bond acceptors (Lipinski definition) is 3. The maximum Gasteiger partial charge on any atom is 0.225 e. The summed E-state index contributed by atoms with van der Waals surface area (Å²) >= 11 is 0. The van der Waals surface area contributed by atoms with E-state index in [0.717, 1.165) is 13.1 Å². The number of amides is 1. The smallest absolute Gasteiger partial charge is 0.225 e. The number of rotatable bonds is 3. The van der Waals surface area contributed by atoms with Crippen LogP contribution in [-0.4, -0.2) is 49.7 Å². The van der Waals surface area contributed by atoms with Gasteiger partial charge in [0.15, 0.2) is 0 Å². The van der Waals surface area contributed by atoms with E-state index < -0.39 is 0 Å². The van der Waals surface area contributed by atoms with Gasteiger partial charge in [-0.05, 0) is 13.8 Å². The van der Waals surface area contributed by atoms with Gasteiger partial charge < -0.3 is 15.0 Å². The minimum atomic E-state index is 0. The fourth-order valence-corrected chi connectivity index (χ4v) is 1.70. The van der Waals surface area contributed by atoms with Crippen LogP contribution < -0.4 is 5.32 Å². The van der Waals surface area contributed by atoms with Gasteiger partial charge >= 0.3 is 0 Å². The maximum absolute atomic E-state index is 11.7. The van der Waals surface area contributed by atoms with E-state index in [-0.39, 0.29) is 18.3 Å². The lowest BCUT2D eigenvalue weighted by molar-refractivity contribution is -0.135. The SMILES string of the molecule is COCCC(=O)N1CC(C)NCC1C.Cl. The number of carbonyl (C=O) groups is 1. The third-order valence-electron chi connectivity index (χ3n) is 2.60. The number of ether oxygens (including phenoxy) is 1. The van der Waals surface area contributed by atoms with Gasteiger partial charge in [0, 0.05) is 32.3 Å². The topological polar surface area (TPSA) is 41.6 Å². The van der Waals surface area contributed by atoms with E-state index in [9.17, 15) is 4.79 Å². The van der Waals surface area contributed by atoms with Crippen LogP contribution in [0.4, 0.5) is 0 Å². The van der Waals surface area contributed by atoms with E-state index in [1.807, 2.05) is 4.90 Å². The Morgan fingerprint density at radius 2 is 2.20 bits per heavy atom. The predicted molar refractivity (Wildman–Crippen MR) is 62.4 cm³/mol. The zero-order valence-corrected chi connectivity index (χ0v) is 10.5. The molecular formula is C10H21ClN2O2. The molecule has 2 atom stereocenters. The summed E-state index contributed by atoms with van der Waals surface area (Å²) in [7, 11) is 1.62. The van der Waals surface area contributed by atoms with Crippen LogP contribution >= 0.6 is 12.4 Å². The van der Waals surface area contributed by atoms with Crippen molar-refractivity contribution in [2.75, 3.05) is 26.8 Å². The van der Waals surface area contributed by atoms with Crippen LogP contribution in [0.3, 0.4) is 0 Å². The molecule has 4 nitrogen and oxygen atoms in total. The number of piperazine rings is 1. The highest BCUT2D eigenvalue weighted by molar-refractivity contribution is 5.85. The molecular weight excluding hydrogens is 216 g/mol. The maximum atomic E-state index is 11.7. The average Bonchev–Trinajstić information content (AvgIpc) is 2.18. The Bertz CT molecular complexity index is 202. The Hall–Kier alpha value is -0.320. The highest BCUT2D eigenvalue weighted by Gasteiger charge is 2.25. The van der Waals surface area contributed by atoms with Gasteiger partial charge in [0.05, 0.1) is 13.0 Å². The van der Waals surface area contributed by atoms with Crippen molar-refractivity contribution in [2.45, 2.75) is 32.4 Å². The van der Waals surface area contributed by atoms with Gasteiger partial charge in [0.25, 0.3) is 0 Å². The second-order valence-electron chi connectivity index (χ2n) is 3.95. The van der Waals surface area contributed by atoms with Crippen molar-refractivity contribution in [3.05, 3.63) is 0 Å². The van der Waals surface area contributed by atoms with Gasteiger partial charge in [-0.25, -0.2) is 0 Å². The summed E-state index contributed by atoms with van der Waals surface area (Å²) in [5.74, 6) is 0.202. The largest absolute Gasteiger partial charge is 0.384 e. The lowest BCUT2D eigenvalue weighted by Gasteiger charge is -2.37. The molecule has 1 fully saturated rings. The molecule has 1 amide bonds. The lowest BCUT2D eigenvalue weighted by Crippen LogP contribution is -2.56. The zero-order chi connectivity index (χ0) is 10.6. The predicted octanol–water partition coefficient (Wildman–Crippen LogP) is 0.653. The molecule has 0 radical (unpaired) electrons. The number of nitrogens with one attached hydrogen (secondary N) is 1. The number of hydrogen-bond donors (Lipinski definition) is 1. The van der Waals surface area contributed by atoms with E-state index in [1.54, 1.807) is 7.11 Å². The first kappa shape index (κ1) is 14.7.